The maximum Gasteiger partial charge on any atom is 0.261 e. The molecule has 4 rings (SSSR count). The van der Waals surface area contributed by atoms with E-state index in [2.05, 4.69) is 29.4 Å². The molecule has 0 aliphatic heterocycles. The van der Waals surface area contributed by atoms with Gasteiger partial charge in [0.1, 0.15) is 22.2 Å². The van der Waals surface area contributed by atoms with E-state index in [0.29, 0.717) is 39.4 Å². The first-order valence-corrected chi connectivity index (χ1v) is 11.3. The van der Waals surface area contributed by atoms with Crippen LogP contribution in [0.2, 0.25) is 0 Å². The zero-order valence-corrected chi connectivity index (χ0v) is 19.7. The fraction of sp³-hybridized carbons (Fsp3) is 0.250. The zero-order valence-electron chi connectivity index (χ0n) is 18.9. The van der Waals surface area contributed by atoms with Gasteiger partial charge in [-0.15, -0.1) is 10.2 Å². The first-order chi connectivity index (χ1) is 16.0. The Morgan fingerprint density at radius 2 is 1.88 bits per heavy atom. The lowest BCUT2D eigenvalue weighted by molar-refractivity contribution is 0.102. The van der Waals surface area contributed by atoms with Gasteiger partial charge in [-0.2, -0.15) is 5.10 Å². The number of nitrogens with zero attached hydrogens (tertiary/aromatic N) is 4. The standard InChI is InChI=1S/C24H25N5O3S/c1-15(2)12-21-26-27-24(33-21)25-23(30)19-14-29(16-8-6-5-7-9-16)28-22(19)18-13-17(31-3)10-11-20(18)32-4/h5-11,13-15H,12H2,1-4H3,(H,25,27,30). The quantitative estimate of drug-likeness (QED) is 0.401. The number of hydrogen-bond donors (Lipinski definition) is 1. The maximum atomic E-state index is 13.3. The maximum absolute atomic E-state index is 13.3. The van der Waals surface area contributed by atoms with Crippen LogP contribution in [-0.4, -0.2) is 40.1 Å². The first-order valence-electron chi connectivity index (χ1n) is 10.5. The summed E-state index contributed by atoms with van der Waals surface area (Å²) in [6.45, 7) is 4.23. The van der Waals surface area contributed by atoms with Crippen LogP contribution in [0.5, 0.6) is 11.5 Å². The van der Waals surface area contributed by atoms with Crippen molar-refractivity contribution in [3.05, 3.63) is 65.3 Å². The van der Waals surface area contributed by atoms with Crippen molar-refractivity contribution in [3.63, 3.8) is 0 Å². The molecule has 1 N–H and O–H groups in total. The Bertz CT molecular complexity index is 1250. The highest BCUT2D eigenvalue weighted by molar-refractivity contribution is 7.15. The second-order valence-corrected chi connectivity index (χ2v) is 8.85. The summed E-state index contributed by atoms with van der Waals surface area (Å²) in [6.07, 6.45) is 2.51. The molecule has 9 heteroatoms. The topological polar surface area (TPSA) is 91.2 Å². The molecule has 0 spiro atoms. The Balaban J connectivity index is 1.76. The van der Waals surface area contributed by atoms with Crippen molar-refractivity contribution in [1.29, 1.82) is 0 Å². The van der Waals surface area contributed by atoms with Crippen molar-refractivity contribution in [2.24, 2.45) is 5.92 Å². The lowest BCUT2D eigenvalue weighted by Gasteiger charge is -2.10. The highest BCUT2D eigenvalue weighted by Gasteiger charge is 2.23. The van der Waals surface area contributed by atoms with E-state index in [4.69, 9.17) is 14.6 Å². The van der Waals surface area contributed by atoms with Gasteiger partial charge in [-0.3, -0.25) is 10.1 Å². The molecule has 8 nitrogen and oxygen atoms in total. The molecular formula is C24H25N5O3S. The Morgan fingerprint density at radius 3 is 2.58 bits per heavy atom. The molecule has 2 heterocycles. The molecule has 170 valence electrons. The minimum Gasteiger partial charge on any atom is -0.497 e. The van der Waals surface area contributed by atoms with E-state index in [1.54, 1.807) is 43.3 Å². The number of rotatable bonds is 8. The van der Waals surface area contributed by atoms with Crippen LogP contribution in [-0.2, 0) is 6.42 Å². The lowest BCUT2D eigenvalue weighted by Crippen LogP contribution is -2.12. The SMILES string of the molecule is COc1ccc(OC)c(-c2nn(-c3ccccc3)cc2C(=O)Nc2nnc(CC(C)C)s2)c1. The van der Waals surface area contributed by atoms with Gasteiger partial charge in [0, 0.05) is 18.2 Å². The number of benzene rings is 2. The van der Waals surface area contributed by atoms with Gasteiger partial charge in [-0.1, -0.05) is 43.4 Å². The molecule has 2 aromatic carbocycles. The predicted octanol–water partition coefficient (Wildman–Crippen LogP) is 4.86. The molecule has 0 aliphatic rings. The molecular weight excluding hydrogens is 438 g/mol. The monoisotopic (exact) mass is 463 g/mol. The fourth-order valence-electron chi connectivity index (χ4n) is 3.35. The van der Waals surface area contributed by atoms with E-state index < -0.39 is 0 Å². The van der Waals surface area contributed by atoms with E-state index in [9.17, 15) is 4.79 Å². The number of nitrogens with one attached hydrogen (secondary N) is 1. The summed E-state index contributed by atoms with van der Waals surface area (Å²) in [5.41, 5.74) is 2.33. The summed E-state index contributed by atoms with van der Waals surface area (Å²) < 4.78 is 12.6. The molecule has 33 heavy (non-hydrogen) atoms. The normalized spacial score (nSPS) is 10.9. The molecule has 0 unspecified atom stereocenters. The predicted molar refractivity (Wildman–Crippen MR) is 129 cm³/mol. The minimum atomic E-state index is -0.329. The number of amides is 1. The van der Waals surface area contributed by atoms with Gasteiger partial charge < -0.3 is 9.47 Å². The van der Waals surface area contributed by atoms with Gasteiger partial charge in [-0.05, 0) is 36.2 Å². The highest BCUT2D eigenvalue weighted by Crippen LogP contribution is 2.35. The smallest absolute Gasteiger partial charge is 0.261 e. The van der Waals surface area contributed by atoms with Gasteiger partial charge in [-0.25, -0.2) is 4.68 Å². The fourth-order valence-corrected chi connectivity index (χ4v) is 4.30. The minimum absolute atomic E-state index is 0.329. The molecule has 4 aromatic rings. The number of methoxy groups -OCH3 is 2. The number of carbonyl (C=O) groups is 1. The molecule has 2 aromatic heterocycles. The van der Waals surface area contributed by atoms with E-state index in [-0.39, 0.29) is 5.91 Å². The molecule has 0 atom stereocenters. The molecule has 0 aliphatic carbocycles. The summed E-state index contributed by atoms with van der Waals surface area (Å²) >= 11 is 1.38. The number of aromatic nitrogens is 4. The van der Waals surface area contributed by atoms with E-state index in [1.807, 2.05) is 30.3 Å². The highest BCUT2D eigenvalue weighted by atomic mass is 32.1. The third-order valence-electron chi connectivity index (χ3n) is 4.91. The van der Waals surface area contributed by atoms with Crippen LogP contribution in [0, 0.1) is 5.92 Å². The zero-order chi connectivity index (χ0) is 23.4. The summed E-state index contributed by atoms with van der Waals surface area (Å²) in [6, 6.07) is 15.0. The van der Waals surface area contributed by atoms with E-state index in [0.717, 1.165) is 17.1 Å². The van der Waals surface area contributed by atoms with E-state index >= 15 is 0 Å². The van der Waals surface area contributed by atoms with Crippen LogP contribution < -0.4 is 14.8 Å². The number of hydrogen-bond acceptors (Lipinski definition) is 7. The Morgan fingerprint density at radius 1 is 1.09 bits per heavy atom. The Labute approximate surface area is 196 Å². The van der Waals surface area contributed by atoms with Gasteiger partial charge in [0.25, 0.3) is 5.91 Å². The van der Waals surface area contributed by atoms with Crippen molar-refractivity contribution in [2.45, 2.75) is 20.3 Å². The van der Waals surface area contributed by atoms with Crippen LogP contribution in [0.4, 0.5) is 5.13 Å². The third kappa shape index (κ3) is 5.04. The second kappa shape index (κ2) is 9.83. The van der Waals surface area contributed by atoms with Crippen LogP contribution >= 0.6 is 11.3 Å². The van der Waals surface area contributed by atoms with Crippen LogP contribution in [0.3, 0.4) is 0 Å². The Hall–Kier alpha value is -3.72. The first kappa shape index (κ1) is 22.5. The van der Waals surface area contributed by atoms with Gasteiger partial charge in [0.05, 0.1) is 25.5 Å². The van der Waals surface area contributed by atoms with Gasteiger partial charge in [0.15, 0.2) is 0 Å². The summed E-state index contributed by atoms with van der Waals surface area (Å²) in [5, 5.41) is 17.2. The average Bonchev–Trinajstić information content (AvgIpc) is 3.46. The van der Waals surface area contributed by atoms with Crippen LogP contribution in [0.15, 0.2) is 54.7 Å². The molecule has 0 saturated heterocycles. The van der Waals surface area contributed by atoms with Crippen molar-refractivity contribution < 1.29 is 14.3 Å². The van der Waals surface area contributed by atoms with Crippen molar-refractivity contribution in [2.75, 3.05) is 19.5 Å². The molecule has 0 bridgehead atoms. The van der Waals surface area contributed by atoms with Crippen molar-refractivity contribution in [3.8, 4) is 28.4 Å². The van der Waals surface area contributed by atoms with Crippen LogP contribution in [0.25, 0.3) is 16.9 Å². The van der Waals surface area contributed by atoms with Gasteiger partial charge >= 0.3 is 0 Å². The molecule has 0 saturated carbocycles. The molecule has 1 amide bonds. The summed E-state index contributed by atoms with van der Waals surface area (Å²) in [7, 11) is 3.17. The lowest BCUT2D eigenvalue weighted by atomic mass is 10.1. The largest absolute Gasteiger partial charge is 0.497 e. The second-order valence-electron chi connectivity index (χ2n) is 7.79. The number of para-hydroxylation sites is 1. The Kier molecular flexibility index (Phi) is 6.69. The molecule has 0 fully saturated rings. The van der Waals surface area contributed by atoms with Gasteiger partial charge in [0.2, 0.25) is 5.13 Å². The summed E-state index contributed by atoms with van der Waals surface area (Å²) in [4.78, 5) is 13.3. The molecule has 0 radical (unpaired) electrons. The summed E-state index contributed by atoms with van der Waals surface area (Å²) in [5.74, 6) is 1.34. The van der Waals surface area contributed by atoms with E-state index in [1.165, 1.54) is 11.3 Å². The van der Waals surface area contributed by atoms with Crippen molar-refractivity contribution >= 4 is 22.4 Å². The van der Waals surface area contributed by atoms with Crippen molar-refractivity contribution in [1.82, 2.24) is 20.0 Å². The van der Waals surface area contributed by atoms with Crippen LogP contribution in [0.1, 0.15) is 29.2 Å². The number of anilines is 1. The average molecular weight is 464 g/mol. The number of carbonyl (C=O) groups excluding carboxylic acids is 1. The third-order valence-corrected chi connectivity index (χ3v) is 5.77. The number of ether oxygens (including phenoxy) is 2.